The number of benzene rings is 2. The second kappa shape index (κ2) is 10.2. The molecule has 1 aliphatic heterocycles. The van der Waals surface area contributed by atoms with Crippen LogP contribution in [-0.4, -0.2) is 31.9 Å². The summed E-state index contributed by atoms with van der Waals surface area (Å²) in [6.45, 7) is -0.266. The van der Waals surface area contributed by atoms with Gasteiger partial charge in [-0.1, -0.05) is 12.1 Å². The number of nitrogens with one attached hydrogen (secondary N) is 1. The first-order chi connectivity index (χ1) is 16.7. The van der Waals surface area contributed by atoms with Crippen LogP contribution in [0.25, 0.3) is 0 Å². The third kappa shape index (κ3) is 5.72. The van der Waals surface area contributed by atoms with E-state index >= 15 is 0 Å². The second-order valence-corrected chi connectivity index (χ2v) is 9.84. The smallest absolute Gasteiger partial charge is 0.416 e. The van der Waals surface area contributed by atoms with E-state index in [1.165, 1.54) is 30.5 Å². The summed E-state index contributed by atoms with van der Waals surface area (Å²) in [6.07, 6.45) is -1.56. The monoisotopic (exact) mass is 509 g/mol. The van der Waals surface area contributed by atoms with E-state index in [1.807, 2.05) is 0 Å². The number of hydrogen-bond donors (Lipinski definition) is 1. The van der Waals surface area contributed by atoms with Crippen molar-refractivity contribution in [3.8, 4) is 5.75 Å². The lowest BCUT2D eigenvalue weighted by Gasteiger charge is -2.29. The van der Waals surface area contributed by atoms with Crippen LogP contribution in [0.2, 0.25) is 0 Å². The maximum Gasteiger partial charge on any atom is 0.416 e. The van der Waals surface area contributed by atoms with Gasteiger partial charge in [0.2, 0.25) is 0 Å². The van der Waals surface area contributed by atoms with Gasteiger partial charge in [0.05, 0.1) is 23.7 Å². The lowest BCUT2D eigenvalue weighted by Crippen LogP contribution is -2.19. The number of aryl methyl sites for hydroxylation is 1. The summed E-state index contributed by atoms with van der Waals surface area (Å²) in [7, 11) is -3.97. The van der Waals surface area contributed by atoms with E-state index in [4.69, 9.17) is 4.74 Å². The fourth-order valence-electron chi connectivity index (χ4n) is 4.16. The van der Waals surface area contributed by atoms with Gasteiger partial charge in [0.1, 0.15) is 5.75 Å². The summed E-state index contributed by atoms with van der Waals surface area (Å²) in [4.78, 5) is -0.0434. The lowest BCUT2D eigenvalue weighted by molar-refractivity contribution is -0.137. The normalized spacial score (nSPS) is 15.8. The van der Waals surface area contributed by atoms with Crippen molar-refractivity contribution in [1.82, 2.24) is 10.2 Å². The first kappa shape index (κ1) is 24.9. The number of alkyl halides is 4. The Morgan fingerprint density at radius 2 is 1.86 bits per heavy atom. The fourth-order valence-corrected chi connectivity index (χ4v) is 5.17. The van der Waals surface area contributed by atoms with Crippen molar-refractivity contribution in [2.75, 3.05) is 18.0 Å². The topological polar surface area (TPSA) is 81.2 Å². The molecule has 6 nitrogen and oxygen atoms in total. The number of anilines is 1. The molecule has 1 N–H and O–H groups in total. The third-order valence-corrected chi connectivity index (χ3v) is 7.17. The Kier molecular flexibility index (Phi) is 7.25. The Morgan fingerprint density at radius 3 is 2.57 bits per heavy atom. The average Bonchev–Trinajstić information content (AvgIpc) is 2.83. The number of sulfonamides is 1. The molecule has 2 heterocycles. The Morgan fingerprint density at radius 1 is 1.06 bits per heavy atom. The first-order valence-corrected chi connectivity index (χ1v) is 12.5. The highest BCUT2D eigenvalue weighted by Gasteiger charge is 2.33. The summed E-state index contributed by atoms with van der Waals surface area (Å²) in [5.41, 5.74) is 1.14. The second-order valence-electron chi connectivity index (χ2n) is 8.16. The van der Waals surface area contributed by atoms with E-state index in [0.717, 1.165) is 12.1 Å². The molecule has 2 aromatic carbocycles. The van der Waals surface area contributed by atoms with Crippen molar-refractivity contribution in [3.05, 3.63) is 77.0 Å². The molecule has 0 amide bonds. The molecule has 0 fully saturated rings. The summed E-state index contributed by atoms with van der Waals surface area (Å²) in [5, 5.41) is 7.36. The number of halogens is 4. The largest absolute Gasteiger partial charge is 0.493 e. The molecule has 0 saturated heterocycles. The van der Waals surface area contributed by atoms with Crippen LogP contribution in [0, 0.1) is 0 Å². The van der Waals surface area contributed by atoms with Crippen molar-refractivity contribution >= 4 is 15.8 Å². The van der Waals surface area contributed by atoms with Gasteiger partial charge in [-0.2, -0.15) is 18.3 Å². The standard InChI is InChI=1S/C24H23F4N3O3S/c25-11-2-1-4-16-14-17(24(26,27)28)6-8-19(16)20-10-13-34-22-15-18(7-9-21(20)22)35(32,33)31-23-5-3-12-29-30-23/h3,5-9,12,14-15,20H,1-2,4,10-11,13H2,(H,30,31)/t20-/m1/s1. The molecule has 0 spiro atoms. The minimum absolute atomic E-state index is 0.0434. The van der Waals surface area contributed by atoms with E-state index < -0.39 is 28.4 Å². The van der Waals surface area contributed by atoms with Crippen molar-refractivity contribution in [2.45, 2.75) is 42.7 Å². The van der Waals surface area contributed by atoms with Gasteiger partial charge >= 0.3 is 6.18 Å². The molecule has 11 heteroatoms. The molecule has 0 saturated carbocycles. The highest BCUT2D eigenvalue weighted by atomic mass is 32.2. The van der Waals surface area contributed by atoms with Crippen LogP contribution in [0.5, 0.6) is 5.75 Å². The molecule has 0 bridgehead atoms. The van der Waals surface area contributed by atoms with Crippen LogP contribution in [0.4, 0.5) is 23.4 Å². The number of nitrogens with zero attached hydrogens (tertiary/aromatic N) is 2. The van der Waals surface area contributed by atoms with Gasteiger partial charge in [0.25, 0.3) is 10.0 Å². The van der Waals surface area contributed by atoms with Crippen molar-refractivity contribution < 1.29 is 30.7 Å². The van der Waals surface area contributed by atoms with Crippen LogP contribution in [0.15, 0.2) is 59.6 Å². The van der Waals surface area contributed by atoms with Crippen LogP contribution in [0.1, 0.15) is 47.4 Å². The SMILES string of the molecule is O=S(=O)(Nc1cccnn1)c1ccc2c(c1)OCC[C@@H]2c1ccc(C(F)(F)F)cc1CCCCF. The molecule has 0 radical (unpaired) electrons. The highest BCUT2D eigenvalue weighted by Crippen LogP contribution is 2.42. The van der Waals surface area contributed by atoms with Gasteiger partial charge in [-0.15, -0.1) is 5.10 Å². The molecular weight excluding hydrogens is 486 g/mol. The van der Waals surface area contributed by atoms with Gasteiger partial charge in [-0.05, 0) is 67.1 Å². The van der Waals surface area contributed by atoms with Crippen LogP contribution in [0.3, 0.4) is 0 Å². The van der Waals surface area contributed by atoms with E-state index in [-0.39, 0.29) is 29.7 Å². The van der Waals surface area contributed by atoms with E-state index in [1.54, 1.807) is 12.1 Å². The zero-order valence-electron chi connectivity index (χ0n) is 18.6. The lowest BCUT2D eigenvalue weighted by atomic mass is 9.82. The minimum Gasteiger partial charge on any atom is -0.493 e. The van der Waals surface area contributed by atoms with Gasteiger partial charge in [-0.25, -0.2) is 8.42 Å². The Balaban J connectivity index is 1.68. The summed E-state index contributed by atoms with van der Waals surface area (Å²) >= 11 is 0. The molecule has 1 aromatic heterocycles. The Hall–Kier alpha value is -3.21. The maximum absolute atomic E-state index is 13.3. The molecule has 4 rings (SSSR count). The van der Waals surface area contributed by atoms with Gasteiger partial charge in [-0.3, -0.25) is 9.11 Å². The summed E-state index contributed by atoms with van der Waals surface area (Å²) < 4.78 is 86.3. The number of hydrogen-bond acceptors (Lipinski definition) is 5. The predicted molar refractivity (Wildman–Crippen MR) is 122 cm³/mol. The molecule has 1 aliphatic rings. The predicted octanol–water partition coefficient (Wildman–Crippen LogP) is 5.50. The zero-order chi connectivity index (χ0) is 25.1. The van der Waals surface area contributed by atoms with Crippen LogP contribution in [-0.2, 0) is 22.6 Å². The van der Waals surface area contributed by atoms with Crippen molar-refractivity contribution in [1.29, 1.82) is 0 Å². The Bertz CT molecular complexity index is 1280. The number of rotatable bonds is 8. The number of ether oxygens (including phenoxy) is 1. The minimum atomic E-state index is -4.49. The van der Waals surface area contributed by atoms with Crippen LogP contribution >= 0.6 is 0 Å². The number of fused-ring (bicyclic) bond motifs is 1. The fraction of sp³-hybridized carbons (Fsp3) is 0.333. The molecule has 0 unspecified atom stereocenters. The van der Waals surface area contributed by atoms with E-state index in [0.29, 0.717) is 41.7 Å². The third-order valence-electron chi connectivity index (χ3n) is 5.82. The van der Waals surface area contributed by atoms with Gasteiger partial charge < -0.3 is 4.74 Å². The number of aromatic nitrogens is 2. The quantitative estimate of drug-likeness (QED) is 0.320. The highest BCUT2D eigenvalue weighted by molar-refractivity contribution is 7.92. The zero-order valence-corrected chi connectivity index (χ0v) is 19.4. The van der Waals surface area contributed by atoms with E-state index in [9.17, 15) is 26.0 Å². The molecule has 186 valence electrons. The maximum atomic E-state index is 13.3. The van der Waals surface area contributed by atoms with Crippen molar-refractivity contribution in [3.63, 3.8) is 0 Å². The summed E-state index contributed by atoms with van der Waals surface area (Å²) in [6, 6.07) is 11.1. The molecular formula is C24H23F4N3O3S. The molecule has 0 aliphatic carbocycles. The Labute approximate surface area is 200 Å². The first-order valence-electron chi connectivity index (χ1n) is 11.0. The van der Waals surface area contributed by atoms with Crippen LogP contribution < -0.4 is 9.46 Å². The van der Waals surface area contributed by atoms with E-state index in [2.05, 4.69) is 14.9 Å². The number of unbranched alkanes of at least 4 members (excludes halogenated alkanes) is 1. The molecule has 3 aromatic rings. The van der Waals surface area contributed by atoms with Gasteiger partial charge in [0, 0.05) is 23.7 Å². The average molecular weight is 510 g/mol. The summed E-state index contributed by atoms with van der Waals surface area (Å²) in [5.74, 6) is 0.121. The molecule has 35 heavy (non-hydrogen) atoms. The van der Waals surface area contributed by atoms with Gasteiger partial charge in [0.15, 0.2) is 5.82 Å². The van der Waals surface area contributed by atoms with Crippen molar-refractivity contribution in [2.24, 2.45) is 0 Å². The molecule has 1 atom stereocenters.